The normalized spacial score (nSPS) is 17.0. The van der Waals surface area contributed by atoms with Gasteiger partial charge in [-0.15, -0.1) is 6.58 Å². The van der Waals surface area contributed by atoms with Gasteiger partial charge in [0.2, 0.25) is 0 Å². The van der Waals surface area contributed by atoms with E-state index in [-0.39, 0.29) is 0 Å². The van der Waals surface area contributed by atoms with Gasteiger partial charge in [-0.3, -0.25) is 4.90 Å². The third-order valence-electron chi connectivity index (χ3n) is 5.40. The van der Waals surface area contributed by atoms with Crippen LogP contribution in [0.3, 0.4) is 0 Å². The lowest BCUT2D eigenvalue weighted by molar-refractivity contribution is 0.167. The van der Waals surface area contributed by atoms with Crippen LogP contribution < -0.4 is 5.32 Å². The average molecular weight is 330 g/mol. The number of hydrogen-bond acceptors (Lipinski definition) is 2. The van der Waals surface area contributed by atoms with Gasteiger partial charge in [-0.05, 0) is 46.0 Å². The van der Waals surface area contributed by atoms with Crippen LogP contribution in [0.5, 0.6) is 0 Å². The molecule has 1 saturated heterocycles. The molecule has 25 heavy (non-hydrogen) atoms. The van der Waals surface area contributed by atoms with E-state index in [0.717, 1.165) is 39.0 Å². The molecular weight excluding hydrogens is 304 g/mol. The molecule has 0 spiro atoms. The zero-order valence-corrected chi connectivity index (χ0v) is 14.7. The molecule has 2 heteroatoms. The predicted octanol–water partition coefficient (Wildman–Crippen LogP) is 4.91. The van der Waals surface area contributed by atoms with Crippen molar-refractivity contribution in [1.82, 2.24) is 10.2 Å². The van der Waals surface area contributed by atoms with Crippen molar-refractivity contribution >= 4 is 21.5 Å². The number of nitrogens with zero attached hydrogens (tertiary/aromatic N) is 1. The van der Waals surface area contributed by atoms with Gasteiger partial charge in [-0.2, -0.15) is 0 Å². The molecule has 3 aromatic rings. The van der Waals surface area contributed by atoms with Gasteiger partial charge < -0.3 is 5.32 Å². The van der Waals surface area contributed by atoms with E-state index >= 15 is 0 Å². The molecule has 1 aliphatic rings. The fourth-order valence-electron chi connectivity index (χ4n) is 4.16. The molecule has 0 bridgehead atoms. The van der Waals surface area contributed by atoms with Crippen molar-refractivity contribution < 1.29 is 0 Å². The molecule has 2 nitrogen and oxygen atoms in total. The quantitative estimate of drug-likeness (QED) is 0.528. The lowest BCUT2D eigenvalue weighted by Crippen LogP contribution is -2.45. The molecule has 0 amide bonds. The highest BCUT2D eigenvalue weighted by atomic mass is 15.2. The molecule has 1 fully saturated rings. The second-order valence-corrected chi connectivity index (χ2v) is 6.90. The van der Waals surface area contributed by atoms with Gasteiger partial charge in [0.1, 0.15) is 0 Å². The Labute approximate surface area is 150 Å². The Balaban J connectivity index is 1.89. The zero-order valence-electron chi connectivity index (χ0n) is 14.7. The monoisotopic (exact) mass is 330 g/mol. The highest BCUT2D eigenvalue weighted by Gasteiger charge is 2.23. The van der Waals surface area contributed by atoms with Gasteiger partial charge in [-0.1, -0.05) is 54.6 Å². The minimum atomic E-state index is 0.453. The molecule has 4 rings (SSSR count). The molecule has 0 saturated carbocycles. The van der Waals surface area contributed by atoms with Crippen LogP contribution in [0.1, 0.15) is 24.4 Å². The average Bonchev–Trinajstić information content (AvgIpc) is 2.69. The molecule has 3 aromatic carbocycles. The molecular formula is C23H26N2. The number of nitrogens with one attached hydrogen (secondary N) is 1. The fraction of sp³-hybridized carbons (Fsp3) is 0.304. The summed E-state index contributed by atoms with van der Waals surface area (Å²) in [4.78, 5) is 2.65. The fourth-order valence-corrected chi connectivity index (χ4v) is 4.16. The summed E-state index contributed by atoms with van der Waals surface area (Å²) in [5, 5.41) is 8.94. The van der Waals surface area contributed by atoms with Crippen LogP contribution in [0, 0.1) is 0 Å². The van der Waals surface area contributed by atoms with Crippen molar-refractivity contribution in [2.45, 2.75) is 18.9 Å². The maximum atomic E-state index is 3.95. The van der Waals surface area contributed by atoms with Crippen LogP contribution in [0.4, 0.5) is 0 Å². The Kier molecular flexibility index (Phi) is 4.82. The Morgan fingerprint density at radius 2 is 1.64 bits per heavy atom. The molecule has 1 N–H and O–H groups in total. The molecule has 1 atom stereocenters. The Morgan fingerprint density at radius 1 is 0.960 bits per heavy atom. The topological polar surface area (TPSA) is 15.3 Å². The van der Waals surface area contributed by atoms with Crippen molar-refractivity contribution in [3.05, 3.63) is 72.8 Å². The smallest absolute Gasteiger partial charge is 0.0358 e. The first kappa shape index (κ1) is 16.3. The number of rotatable bonds is 5. The van der Waals surface area contributed by atoms with Crippen molar-refractivity contribution in [2.24, 2.45) is 0 Å². The van der Waals surface area contributed by atoms with Crippen LogP contribution >= 0.6 is 0 Å². The SMILES string of the molecule is C=CCC[C@H](c1cc2ccccc2c2ccccc12)N1CCNCC1. The van der Waals surface area contributed by atoms with E-state index < -0.39 is 0 Å². The summed E-state index contributed by atoms with van der Waals surface area (Å²) in [5.41, 5.74) is 1.47. The van der Waals surface area contributed by atoms with Gasteiger partial charge >= 0.3 is 0 Å². The minimum absolute atomic E-state index is 0.453. The van der Waals surface area contributed by atoms with Gasteiger partial charge in [0.25, 0.3) is 0 Å². The number of fused-ring (bicyclic) bond motifs is 3. The van der Waals surface area contributed by atoms with E-state index in [0.29, 0.717) is 6.04 Å². The molecule has 0 radical (unpaired) electrons. The lowest BCUT2D eigenvalue weighted by Gasteiger charge is -2.36. The molecule has 1 heterocycles. The largest absolute Gasteiger partial charge is 0.314 e. The summed E-state index contributed by atoms with van der Waals surface area (Å²) in [6.07, 6.45) is 4.24. The standard InChI is InChI=1S/C23H26N2/c1-2-3-12-23(25-15-13-24-14-16-25)22-17-18-8-4-5-9-19(18)20-10-6-7-11-21(20)22/h2,4-11,17,23-24H,1,3,12-16H2/t23-/m1/s1. The number of hydrogen-bond donors (Lipinski definition) is 1. The lowest BCUT2D eigenvalue weighted by atomic mass is 9.90. The summed E-state index contributed by atoms with van der Waals surface area (Å²) in [5.74, 6) is 0. The predicted molar refractivity (Wildman–Crippen MR) is 108 cm³/mol. The molecule has 128 valence electrons. The van der Waals surface area contributed by atoms with Crippen molar-refractivity contribution in [3.8, 4) is 0 Å². The Hall–Kier alpha value is -2.16. The minimum Gasteiger partial charge on any atom is -0.314 e. The van der Waals surface area contributed by atoms with E-state index in [1.165, 1.54) is 27.1 Å². The Morgan fingerprint density at radius 3 is 2.40 bits per heavy atom. The summed E-state index contributed by atoms with van der Waals surface area (Å²) < 4.78 is 0. The van der Waals surface area contributed by atoms with E-state index in [1.807, 2.05) is 0 Å². The first-order valence-electron chi connectivity index (χ1n) is 9.34. The van der Waals surface area contributed by atoms with Gasteiger partial charge in [0.05, 0.1) is 0 Å². The highest BCUT2D eigenvalue weighted by Crippen LogP contribution is 2.36. The third kappa shape index (κ3) is 3.20. The van der Waals surface area contributed by atoms with Crippen molar-refractivity contribution in [1.29, 1.82) is 0 Å². The second-order valence-electron chi connectivity index (χ2n) is 6.90. The maximum absolute atomic E-state index is 3.95. The summed E-state index contributed by atoms with van der Waals surface area (Å²) in [6, 6.07) is 20.5. The van der Waals surface area contributed by atoms with E-state index in [1.54, 1.807) is 0 Å². The number of piperazine rings is 1. The Bertz CT molecular complexity index is 878. The summed E-state index contributed by atoms with van der Waals surface area (Å²) in [7, 11) is 0. The van der Waals surface area contributed by atoms with Crippen LogP contribution in [0.15, 0.2) is 67.3 Å². The second kappa shape index (κ2) is 7.38. The molecule has 0 unspecified atom stereocenters. The van der Waals surface area contributed by atoms with Crippen LogP contribution in [0.25, 0.3) is 21.5 Å². The van der Waals surface area contributed by atoms with Crippen molar-refractivity contribution in [3.63, 3.8) is 0 Å². The molecule has 1 aliphatic heterocycles. The van der Waals surface area contributed by atoms with Crippen molar-refractivity contribution in [2.75, 3.05) is 26.2 Å². The highest BCUT2D eigenvalue weighted by molar-refractivity contribution is 6.09. The number of allylic oxidation sites excluding steroid dienone is 1. The van der Waals surface area contributed by atoms with Crippen LogP contribution in [-0.2, 0) is 0 Å². The molecule has 0 aliphatic carbocycles. The third-order valence-corrected chi connectivity index (χ3v) is 5.40. The summed E-state index contributed by atoms with van der Waals surface area (Å²) in [6.45, 7) is 8.34. The molecule has 0 aromatic heterocycles. The van der Waals surface area contributed by atoms with E-state index in [4.69, 9.17) is 0 Å². The van der Waals surface area contributed by atoms with Gasteiger partial charge in [0, 0.05) is 32.2 Å². The van der Waals surface area contributed by atoms with Crippen LogP contribution in [0.2, 0.25) is 0 Å². The first-order valence-corrected chi connectivity index (χ1v) is 9.34. The maximum Gasteiger partial charge on any atom is 0.0358 e. The van der Waals surface area contributed by atoms with E-state index in [2.05, 4.69) is 77.5 Å². The zero-order chi connectivity index (χ0) is 17.1. The van der Waals surface area contributed by atoms with Gasteiger partial charge in [-0.25, -0.2) is 0 Å². The number of benzene rings is 3. The first-order chi connectivity index (χ1) is 12.4. The van der Waals surface area contributed by atoms with Crippen LogP contribution in [-0.4, -0.2) is 31.1 Å². The van der Waals surface area contributed by atoms with Gasteiger partial charge in [0.15, 0.2) is 0 Å². The van der Waals surface area contributed by atoms with E-state index in [9.17, 15) is 0 Å². The summed E-state index contributed by atoms with van der Waals surface area (Å²) >= 11 is 0.